The maximum atomic E-state index is 13.4. The van der Waals surface area contributed by atoms with Gasteiger partial charge in [-0.05, 0) is 30.7 Å². The number of hydrogen-bond acceptors (Lipinski definition) is 6. The fraction of sp³-hybridized carbons (Fsp3) is 0.357. The second-order valence-corrected chi connectivity index (χ2v) is 8.62. The molecule has 0 saturated heterocycles. The lowest BCUT2D eigenvalue weighted by atomic mass is 10.1. The number of pyridine rings is 1. The van der Waals surface area contributed by atoms with Gasteiger partial charge in [-0.15, -0.1) is 0 Å². The van der Waals surface area contributed by atoms with E-state index >= 15 is 0 Å². The molecular formula is C28H33N3O5. The summed E-state index contributed by atoms with van der Waals surface area (Å²) < 4.78 is 18.1. The van der Waals surface area contributed by atoms with Gasteiger partial charge in [0.05, 0.1) is 20.8 Å². The van der Waals surface area contributed by atoms with Crippen molar-refractivity contribution in [3.63, 3.8) is 0 Å². The third-order valence-electron chi connectivity index (χ3n) is 6.41. The minimum atomic E-state index is -0.276. The van der Waals surface area contributed by atoms with Crippen LogP contribution in [0.1, 0.15) is 34.1 Å². The van der Waals surface area contributed by atoms with Gasteiger partial charge < -0.3 is 24.1 Å². The third kappa shape index (κ3) is 5.71. The lowest BCUT2D eigenvalue weighted by Crippen LogP contribution is -2.31. The van der Waals surface area contributed by atoms with E-state index in [9.17, 15) is 9.59 Å². The molecule has 8 nitrogen and oxygen atoms in total. The molecule has 0 aliphatic carbocycles. The summed E-state index contributed by atoms with van der Waals surface area (Å²) in [5.41, 5.74) is 2.99. The Balaban J connectivity index is 1.53. The van der Waals surface area contributed by atoms with Gasteiger partial charge in [-0.25, -0.2) is 0 Å². The van der Waals surface area contributed by atoms with Gasteiger partial charge in [-0.2, -0.15) is 0 Å². The van der Waals surface area contributed by atoms with Crippen LogP contribution in [0.2, 0.25) is 0 Å². The smallest absolute Gasteiger partial charge is 0.257 e. The fourth-order valence-corrected chi connectivity index (χ4v) is 4.59. The highest BCUT2D eigenvalue weighted by Crippen LogP contribution is 2.24. The minimum Gasteiger partial charge on any atom is -0.496 e. The Morgan fingerprint density at radius 2 is 1.72 bits per heavy atom. The van der Waals surface area contributed by atoms with Gasteiger partial charge >= 0.3 is 0 Å². The molecule has 1 N–H and O–H groups in total. The number of carbonyl (C=O) groups excluding carboxylic acids is 1. The molecule has 1 amide bonds. The summed E-state index contributed by atoms with van der Waals surface area (Å²) in [6.45, 7) is 5.57. The van der Waals surface area contributed by atoms with Gasteiger partial charge in [-0.3, -0.25) is 14.5 Å². The number of rotatable bonds is 9. The molecule has 1 aliphatic rings. The lowest BCUT2D eigenvalue weighted by molar-refractivity contribution is 0.0945. The number of para-hydroxylation sites is 1. The molecule has 1 aromatic heterocycles. The summed E-state index contributed by atoms with van der Waals surface area (Å²) in [4.78, 5) is 28.6. The number of nitrogens with zero attached hydrogens (tertiary/aromatic N) is 2. The zero-order chi connectivity index (χ0) is 25.5. The van der Waals surface area contributed by atoms with Crippen molar-refractivity contribution in [1.82, 2.24) is 14.8 Å². The molecule has 190 valence electrons. The molecule has 3 aromatic rings. The number of fused-ring (bicyclic) bond motifs is 1. The first kappa shape index (κ1) is 25.3. The molecule has 0 unspecified atom stereocenters. The zero-order valence-corrected chi connectivity index (χ0v) is 21.1. The quantitative estimate of drug-likeness (QED) is 0.495. The Bertz CT molecular complexity index is 1250. The van der Waals surface area contributed by atoms with Gasteiger partial charge in [0.25, 0.3) is 11.5 Å². The van der Waals surface area contributed by atoms with E-state index in [0.717, 1.165) is 17.9 Å². The first-order chi connectivity index (χ1) is 17.5. The number of carbonyl (C=O) groups is 1. The third-order valence-corrected chi connectivity index (χ3v) is 6.41. The Labute approximate surface area is 211 Å². The van der Waals surface area contributed by atoms with Crippen molar-refractivity contribution >= 4 is 5.91 Å². The summed E-state index contributed by atoms with van der Waals surface area (Å²) in [7, 11) is 3.09. The molecule has 0 radical (unpaired) electrons. The maximum Gasteiger partial charge on any atom is 0.257 e. The molecular weight excluding hydrogens is 458 g/mol. The molecule has 0 bridgehead atoms. The predicted octanol–water partition coefficient (Wildman–Crippen LogP) is 3.25. The second-order valence-electron chi connectivity index (χ2n) is 8.62. The lowest BCUT2D eigenvalue weighted by Gasteiger charge is -2.19. The number of amides is 1. The van der Waals surface area contributed by atoms with Crippen LogP contribution in [0.3, 0.4) is 0 Å². The van der Waals surface area contributed by atoms with E-state index < -0.39 is 0 Å². The SMILES string of the molecule is CCOc1ccc(CN2CCc3c(C(=O)NCc4ccccc4OC)c(OC)cc(=O)n3CC2)cc1. The molecule has 0 atom stereocenters. The average Bonchev–Trinajstić information content (AvgIpc) is 3.11. The van der Waals surface area contributed by atoms with Crippen molar-refractivity contribution in [2.45, 2.75) is 33.0 Å². The highest BCUT2D eigenvalue weighted by molar-refractivity contribution is 5.98. The van der Waals surface area contributed by atoms with Crippen LogP contribution < -0.4 is 25.1 Å². The number of hydrogen-bond donors (Lipinski definition) is 1. The number of ether oxygens (including phenoxy) is 3. The summed E-state index contributed by atoms with van der Waals surface area (Å²) in [6.07, 6.45) is 0.556. The summed E-state index contributed by atoms with van der Waals surface area (Å²) >= 11 is 0. The average molecular weight is 492 g/mol. The van der Waals surface area contributed by atoms with E-state index in [-0.39, 0.29) is 11.5 Å². The van der Waals surface area contributed by atoms with Gasteiger partial charge in [0.2, 0.25) is 0 Å². The maximum absolute atomic E-state index is 13.4. The molecule has 8 heteroatoms. The van der Waals surface area contributed by atoms with E-state index in [1.807, 2.05) is 43.3 Å². The number of methoxy groups -OCH3 is 2. The topological polar surface area (TPSA) is 82.0 Å². The molecule has 0 fully saturated rings. The van der Waals surface area contributed by atoms with Crippen molar-refractivity contribution in [3.8, 4) is 17.2 Å². The first-order valence-electron chi connectivity index (χ1n) is 12.2. The highest BCUT2D eigenvalue weighted by Gasteiger charge is 2.25. The van der Waals surface area contributed by atoms with Gasteiger partial charge in [-0.1, -0.05) is 30.3 Å². The molecule has 2 heterocycles. The first-order valence-corrected chi connectivity index (χ1v) is 12.2. The number of benzene rings is 2. The second kappa shape index (κ2) is 11.8. The normalized spacial score (nSPS) is 13.4. The highest BCUT2D eigenvalue weighted by atomic mass is 16.5. The van der Waals surface area contributed by atoms with Crippen molar-refractivity contribution in [2.75, 3.05) is 33.9 Å². The van der Waals surface area contributed by atoms with Crippen LogP contribution in [0.4, 0.5) is 0 Å². The largest absolute Gasteiger partial charge is 0.496 e. The van der Waals surface area contributed by atoms with Crippen molar-refractivity contribution in [1.29, 1.82) is 0 Å². The van der Waals surface area contributed by atoms with Gasteiger partial charge in [0.1, 0.15) is 22.8 Å². The predicted molar refractivity (Wildman–Crippen MR) is 138 cm³/mol. The van der Waals surface area contributed by atoms with Gasteiger partial charge in [0.15, 0.2) is 0 Å². The Morgan fingerprint density at radius 3 is 2.44 bits per heavy atom. The van der Waals surface area contributed by atoms with Crippen LogP contribution in [0.25, 0.3) is 0 Å². The van der Waals surface area contributed by atoms with Crippen LogP contribution in [-0.2, 0) is 26.1 Å². The zero-order valence-electron chi connectivity index (χ0n) is 21.1. The number of aromatic nitrogens is 1. The molecule has 0 spiro atoms. The van der Waals surface area contributed by atoms with Crippen LogP contribution in [0.5, 0.6) is 17.2 Å². The summed E-state index contributed by atoms with van der Waals surface area (Å²) in [6, 6.07) is 17.0. The standard InChI is InChI=1S/C28H33N3O5/c1-4-36-22-11-9-20(10-12-22)19-30-14-13-23-27(25(35-3)17-26(32)31(23)16-15-30)28(33)29-18-21-7-5-6-8-24(21)34-2/h5-12,17H,4,13-16,18-19H2,1-3H3,(H,29,33). The summed E-state index contributed by atoms with van der Waals surface area (Å²) in [5.74, 6) is 1.58. The van der Waals surface area contributed by atoms with E-state index in [0.29, 0.717) is 62.0 Å². The summed E-state index contributed by atoms with van der Waals surface area (Å²) in [5, 5.41) is 2.98. The molecule has 2 aromatic carbocycles. The van der Waals surface area contributed by atoms with Crippen LogP contribution >= 0.6 is 0 Å². The Kier molecular flexibility index (Phi) is 8.28. The van der Waals surface area contributed by atoms with Crippen LogP contribution in [-0.4, -0.2) is 49.3 Å². The van der Waals surface area contributed by atoms with E-state index in [1.165, 1.54) is 18.7 Å². The van der Waals surface area contributed by atoms with Gasteiger partial charge in [0, 0.05) is 56.5 Å². The van der Waals surface area contributed by atoms with Crippen molar-refractivity contribution in [2.24, 2.45) is 0 Å². The van der Waals surface area contributed by atoms with Crippen molar-refractivity contribution in [3.05, 3.63) is 87.3 Å². The van der Waals surface area contributed by atoms with E-state index in [4.69, 9.17) is 14.2 Å². The molecule has 0 saturated carbocycles. The Morgan fingerprint density at radius 1 is 0.972 bits per heavy atom. The van der Waals surface area contributed by atoms with Crippen LogP contribution in [0, 0.1) is 0 Å². The monoisotopic (exact) mass is 491 g/mol. The van der Waals surface area contributed by atoms with Crippen molar-refractivity contribution < 1.29 is 19.0 Å². The van der Waals surface area contributed by atoms with Crippen LogP contribution in [0.15, 0.2) is 59.4 Å². The van der Waals surface area contributed by atoms with E-state index in [2.05, 4.69) is 22.3 Å². The molecule has 36 heavy (non-hydrogen) atoms. The number of nitrogens with one attached hydrogen (secondary N) is 1. The fourth-order valence-electron chi connectivity index (χ4n) is 4.59. The minimum absolute atomic E-state index is 0.161. The van der Waals surface area contributed by atoms with E-state index in [1.54, 1.807) is 11.7 Å². The molecule has 1 aliphatic heterocycles. The Hall–Kier alpha value is -3.78. The molecule has 4 rings (SSSR count).